The lowest BCUT2D eigenvalue weighted by Crippen LogP contribution is -2.48. The fourth-order valence-electron chi connectivity index (χ4n) is 2.01. The Bertz CT molecular complexity index is 538. The Morgan fingerprint density at radius 3 is 2.63 bits per heavy atom. The minimum Gasteiger partial charge on any atom is -0.548 e. The first kappa shape index (κ1) is 14.5. The van der Waals surface area contributed by atoms with E-state index in [2.05, 4.69) is 0 Å². The van der Waals surface area contributed by atoms with Crippen molar-refractivity contribution in [2.24, 2.45) is 0 Å². The maximum Gasteiger partial charge on any atom is 0.221 e. The van der Waals surface area contributed by atoms with Crippen LogP contribution in [0.25, 0.3) is 0 Å². The summed E-state index contributed by atoms with van der Waals surface area (Å²) in [6.07, 6.45) is 0. The summed E-state index contributed by atoms with van der Waals surface area (Å²) in [7, 11) is 0. The number of carbonyl (C=O) groups excluding carboxylic acids is 2. The van der Waals surface area contributed by atoms with E-state index in [4.69, 9.17) is 23.2 Å². The second-order valence-corrected chi connectivity index (χ2v) is 6.07. The van der Waals surface area contributed by atoms with Crippen LogP contribution in [-0.2, 0) is 9.59 Å². The van der Waals surface area contributed by atoms with E-state index in [0.717, 1.165) is 0 Å². The van der Waals surface area contributed by atoms with Crippen LogP contribution in [0.3, 0.4) is 0 Å². The van der Waals surface area contributed by atoms with Crippen LogP contribution in [0.5, 0.6) is 0 Å². The maximum absolute atomic E-state index is 11.7. The molecule has 4 nitrogen and oxygen atoms in total. The molecular weight excluding hydrogens is 309 g/mol. The van der Waals surface area contributed by atoms with Gasteiger partial charge in [-0.2, -0.15) is 0 Å². The van der Waals surface area contributed by atoms with Gasteiger partial charge in [0, 0.05) is 28.3 Å². The van der Waals surface area contributed by atoms with Crippen molar-refractivity contribution >= 4 is 46.8 Å². The number of hydrogen-bond donors (Lipinski definition) is 0. The molecule has 0 aromatic heterocycles. The lowest BCUT2D eigenvalue weighted by Gasteiger charge is -2.29. The molecule has 0 aliphatic carbocycles. The zero-order chi connectivity index (χ0) is 14.2. The van der Waals surface area contributed by atoms with E-state index in [1.165, 1.54) is 23.6 Å². The minimum atomic E-state index is -1.25. The molecule has 1 heterocycles. The van der Waals surface area contributed by atoms with Crippen LogP contribution < -0.4 is 5.11 Å². The van der Waals surface area contributed by atoms with Crippen molar-refractivity contribution in [2.45, 2.75) is 18.3 Å². The second kappa shape index (κ2) is 5.61. The third-order valence-electron chi connectivity index (χ3n) is 2.86. The summed E-state index contributed by atoms with van der Waals surface area (Å²) >= 11 is 13.3. The first-order chi connectivity index (χ1) is 8.91. The zero-order valence-electron chi connectivity index (χ0n) is 9.93. The summed E-state index contributed by atoms with van der Waals surface area (Å²) in [6, 6.07) is 4.01. The molecule has 19 heavy (non-hydrogen) atoms. The first-order valence-electron chi connectivity index (χ1n) is 5.48. The molecular formula is C12H10Cl2NO3S-. The number of hydrogen-bond acceptors (Lipinski definition) is 4. The number of aliphatic carboxylic acids is 1. The van der Waals surface area contributed by atoms with Gasteiger partial charge < -0.3 is 14.8 Å². The van der Waals surface area contributed by atoms with Gasteiger partial charge in [0.15, 0.2) is 0 Å². The second-order valence-electron chi connectivity index (χ2n) is 4.11. The monoisotopic (exact) mass is 318 g/mol. The van der Waals surface area contributed by atoms with Gasteiger partial charge >= 0.3 is 0 Å². The molecule has 0 bridgehead atoms. The van der Waals surface area contributed by atoms with Crippen molar-refractivity contribution in [1.82, 2.24) is 4.90 Å². The summed E-state index contributed by atoms with van der Waals surface area (Å²) in [4.78, 5) is 24.0. The van der Waals surface area contributed by atoms with Crippen molar-refractivity contribution in [3.8, 4) is 0 Å². The molecule has 102 valence electrons. The number of amides is 1. The molecule has 0 N–H and O–H groups in total. The van der Waals surface area contributed by atoms with Crippen LogP contribution >= 0.6 is 35.0 Å². The van der Waals surface area contributed by atoms with E-state index < -0.39 is 17.4 Å². The third kappa shape index (κ3) is 2.83. The Morgan fingerprint density at radius 1 is 1.42 bits per heavy atom. The van der Waals surface area contributed by atoms with Gasteiger partial charge in [-0.3, -0.25) is 4.79 Å². The number of halogens is 2. The summed E-state index contributed by atoms with van der Waals surface area (Å²) in [5.41, 5.74) is 0.676. The highest BCUT2D eigenvalue weighted by molar-refractivity contribution is 7.99. The molecule has 2 unspecified atom stereocenters. The van der Waals surface area contributed by atoms with Gasteiger partial charge in [0.2, 0.25) is 5.91 Å². The molecule has 0 radical (unpaired) electrons. The third-order valence-corrected chi connectivity index (χ3v) is 4.73. The first-order valence-corrected chi connectivity index (χ1v) is 7.28. The maximum atomic E-state index is 11.7. The van der Waals surface area contributed by atoms with E-state index in [0.29, 0.717) is 15.6 Å². The SMILES string of the molecule is CC(=O)N1C(C(=O)[O-])CSC1c1ccc(Cl)cc1Cl. The van der Waals surface area contributed by atoms with Crippen molar-refractivity contribution in [2.75, 3.05) is 5.75 Å². The predicted octanol–water partition coefficient (Wildman–Crippen LogP) is 1.71. The number of carbonyl (C=O) groups is 2. The quantitative estimate of drug-likeness (QED) is 0.832. The van der Waals surface area contributed by atoms with Crippen molar-refractivity contribution in [3.63, 3.8) is 0 Å². The Hall–Kier alpha value is -0.910. The lowest BCUT2D eigenvalue weighted by molar-refractivity contribution is -0.310. The minimum absolute atomic E-state index is 0.283. The molecule has 7 heteroatoms. The molecule has 1 aliphatic rings. The molecule has 2 atom stereocenters. The van der Waals surface area contributed by atoms with Crippen molar-refractivity contribution in [1.29, 1.82) is 0 Å². The number of carboxylic acids is 1. The van der Waals surface area contributed by atoms with E-state index in [9.17, 15) is 14.7 Å². The van der Waals surface area contributed by atoms with Crippen LogP contribution in [0.15, 0.2) is 18.2 Å². The molecule has 2 rings (SSSR count). The predicted molar refractivity (Wildman–Crippen MR) is 73.0 cm³/mol. The fourth-order valence-corrected chi connectivity index (χ4v) is 4.09. The average Bonchev–Trinajstić information content (AvgIpc) is 2.73. The molecule has 0 spiro atoms. The molecule has 0 saturated carbocycles. The van der Waals surface area contributed by atoms with Gasteiger partial charge in [0.25, 0.3) is 0 Å². The van der Waals surface area contributed by atoms with Gasteiger partial charge in [-0.05, 0) is 12.1 Å². The van der Waals surface area contributed by atoms with Crippen molar-refractivity contribution < 1.29 is 14.7 Å². The highest BCUT2D eigenvalue weighted by atomic mass is 35.5. The highest BCUT2D eigenvalue weighted by Crippen LogP contribution is 2.44. The van der Waals surface area contributed by atoms with Crippen LogP contribution in [0.4, 0.5) is 0 Å². The largest absolute Gasteiger partial charge is 0.548 e. The van der Waals surface area contributed by atoms with Gasteiger partial charge in [0.1, 0.15) is 5.37 Å². The summed E-state index contributed by atoms with van der Waals surface area (Å²) in [5.74, 6) is -1.29. The molecule has 1 fully saturated rings. The van der Waals surface area contributed by atoms with Gasteiger partial charge in [-0.15, -0.1) is 11.8 Å². The fraction of sp³-hybridized carbons (Fsp3) is 0.333. The number of thioether (sulfide) groups is 1. The van der Waals surface area contributed by atoms with E-state index in [-0.39, 0.29) is 11.7 Å². The van der Waals surface area contributed by atoms with Crippen LogP contribution in [0.1, 0.15) is 17.9 Å². The van der Waals surface area contributed by atoms with Crippen LogP contribution in [-0.4, -0.2) is 28.6 Å². The number of benzene rings is 1. The summed E-state index contributed by atoms with van der Waals surface area (Å²) in [6.45, 7) is 1.33. The number of rotatable bonds is 2. The lowest BCUT2D eigenvalue weighted by atomic mass is 10.1. The topological polar surface area (TPSA) is 60.4 Å². The summed E-state index contributed by atoms with van der Waals surface area (Å²) < 4.78 is 0. The van der Waals surface area contributed by atoms with E-state index in [1.54, 1.807) is 18.2 Å². The molecule has 1 amide bonds. The molecule has 1 aromatic rings. The molecule has 1 aliphatic heterocycles. The number of nitrogens with zero attached hydrogens (tertiary/aromatic N) is 1. The molecule has 1 saturated heterocycles. The van der Waals surface area contributed by atoms with Crippen molar-refractivity contribution in [3.05, 3.63) is 33.8 Å². The van der Waals surface area contributed by atoms with Crippen LogP contribution in [0, 0.1) is 0 Å². The van der Waals surface area contributed by atoms with Gasteiger partial charge in [0.05, 0.1) is 12.0 Å². The normalized spacial score (nSPS) is 22.6. The Morgan fingerprint density at radius 2 is 2.11 bits per heavy atom. The van der Waals surface area contributed by atoms with Gasteiger partial charge in [-0.1, -0.05) is 29.3 Å². The van der Waals surface area contributed by atoms with E-state index in [1.807, 2.05) is 0 Å². The smallest absolute Gasteiger partial charge is 0.221 e. The van der Waals surface area contributed by atoms with E-state index >= 15 is 0 Å². The average molecular weight is 319 g/mol. The standard InChI is InChI=1S/C12H11Cl2NO3S/c1-6(16)15-10(12(17)18)5-19-11(15)8-3-2-7(13)4-9(8)14/h2-4,10-11H,5H2,1H3,(H,17,18)/p-1. The number of carboxylic acid groups (broad SMARTS) is 1. The van der Waals surface area contributed by atoms with Gasteiger partial charge in [-0.25, -0.2) is 0 Å². The van der Waals surface area contributed by atoms with Crippen LogP contribution in [0.2, 0.25) is 10.0 Å². The molecule has 1 aromatic carbocycles. The Labute approximate surface area is 124 Å². The highest BCUT2D eigenvalue weighted by Gasteiger charge is 2.38. The Balaban J connectivity index is 2.38. The zero-order valence-corrected chi connectivity index (χ0v) is 12.3. The Kier molecular flexibility index (Phi) is 4.28. The summed E-state index contributed by atoms with van der Waals surface area (Å²) in [5, 5.41) is 11.5.